The highest BCUT2D eigenvalue weighted by Gasteiger charge is 2.24. The van der Waals surface area contributed by atoms with Crippen LogP contribution in [-0.4, -0.2) is 21.9 Å². The summed E-state index contributed by atoms with van der Waals surface area (Å²) in [6.45, 7) is 1.86. The smallest absolute Gasteiger partial charge is 0.254 e. The fourth-order valence-corrected chi connectivity index (χ4v) is 2.09. The highest BCUT2D eigenvalue weighted by atomic mass is 16.1. The Bertz CT molecular complexity index is 621. The Morgan fingerprint density at radius 2 is 2.05 bits per heavy atom. The third-order valence-electron chi connectivity index (χ3n) is 3.39. The lowest BCUT2D eigenvalue weighted by Gasteiger charge is -2.07. The number of benzene rings is 1. The number of hydrogen-bond acceptors (Lipinski definition) is 3. The first-order chi connectivity index (χ1) is 9.72. The van der Waals surface area contributed by atoms with Crippen molar-refractivity contribution in [2.45, 2.75) is 32.2 Å². The lowest BCUT2D eigenvalue weighted by atomic mass is 10.1. The van der Waals surface area contributed by atoms with E-state index in [-0.39, 0.29) is 5.91 Å². The molecule has 1 aliphatic carbocycles. The molecular weight excluding hydrogens is 250 g/mol. The molecular formula is C16H17N3O. The van der Waals surface area contributed by atoms with Crippen LogP contribution < -0.4 is 5.32 Å². The fourth-order valence-electron chi connectivity index (χ4n) is 2.09. The van der Waals surface area contributed by atoms with Crippen molar-refractivity contribution in [1.29, 1.82) is 0 Å². The van der Waals surface area contributed by atoms with E-state index in [1.165, 1.54) is 5.56 Å². The molecule has 0 atom stereocenters. The number of nitrogens with one attached hydrogen (secondary N) is 1. The van der Waals surface area contributed by atoms with Crippen LogP contribution in [0.2, 0.25) is 0 Å². The SMILES string of the molecule is Cc1nc(Cc2ccccc2)ncc1C(=O)NC1CC1. The van der Waals surface area contributed by atoms with Gasteiger partial charge in [-0.2, -0.15) is 0 Å². The average molecular weight is 267 g/mol. The maximum atomic E-state index is 12.0. The van der Waals surface area contributed by atoms with E-state index in [4.69, 9.17) is 0 Å². The van der Waals surface area contributed by atoms with Crippen LogP contribution in [0.15, 0.2) is 36.5 Å². The Labute approximate surface area is 118 Å². The van der Waals surface area contributed by atoms with Crippen molar-refractivity contribution >= 4 is 5.91 Å². The van der Waals surface area contributed by atoms with Crippen LogP contribution >= 0.6 is 0 Å². The highest BCUT2D eigenvalue weighted by Crippen LogP contribution is 2.19. The van der Waals surface area contributed by atoms with Crippen molar-refractivity contribution in [1.82, 2.24) is 15.3 Å². The Kier molecular flexibility index (Phi) is 3.46. The van der Waals surface area contributed by atoms with Gasteiger partial charge in [-0.1, -0.05) is 30.3 Å². The molecule has 102 valence electrons. The molecule has 4 nitrogen and oxygen atoms in total. The van der Waals surface area contributed by atoms with Gasteiger partial charge < -0.3 is 5.32 Å². The summed E-state index contributed by atoms with van der Waals surface area (Å²) < 4.78 is 0. The summed E-state index contributed by atoms with van der Waals surface area (Å²) in [5, 5.41) is 2.96. The van der Waals surface area contributed by atoms with Gasteiger partial charge in [-0.3, -0.25) is 4.79 Å². The number of carbonyl (C=O) groups is 1. The lowest BCUT2D eigenvalue weighted by molar-refractivity contribution is 0.0949. The van der Waals surface area contributed by atoms with E-state index >= 15 is 0 Å². The van der Waals surface area contributed by atoms with Gasteiger partial charge in [-0.15, -0.1) is 0 Å². The first-order valence-corrected chi connectivity index (χ1v) is 6.89. The molecule has 0 bridgehead atoms. The molecule has 1 heterocycles. The van der Waals surface area contributed by atoms with Crippen molar-refractivity contribution in [3.63, 3.8) is 0 Å². The monoisotopic (exact) mass is 267 g/mol. The zero-order chi connectivity index (χ0) is 13.9. The summed E-state index contributed by atoms with van der Waals surface area (Å²) in [5.41, 5.74) is 2.49. The molecule has 0 unspecified atom stereocenters. The number of carbonyl (C=O) groups excluding carboxylic acids is 1. The second kappa shape index (κ2) is 5.41. The zero-order valence-corrected chi connectivity index (χ0v) is 11.5. The molecule has 1 aliphatic rings. The maximum Gasteiger partial charge on any atom is 0.254 e. The summed E-state index contributed by atoms with van der Waals surface area (Å²) in [4.78, 5) is 20.8. The van der Waals surface area contributed by atoms with Crippen LogP contribution in [0.5, 0.6) is 0 Å². The molecule has 1 saturated carbocycles. The van der Waals surface area contributed by atoms with Gasteiger partial charge in [-0.05, 0) is 25.3 Å². The van der Waals surface area contributed by atoms with E-state index in [1.54, 1.807) is 6.20 Å². The van der Waals surface area contributed by atoms with Crippen molar-refractivity contribution < 1.29 is 4.79 Å². The van der Waals surface area contributed by atoms with E-state index in [2.05, 4.69) is 15.3 Å². The number of amides is 1. The fraction of sp³-hybridized carbons (Fsp3) is 0.312. The lowest BCUT2D eigenvalue weighted by Crippen LogP contribution is -2.26. The van der Waals surface area contributed by atoms with Gasteiger partial charge in [0, 0.05) is 18.7 Å². The molecule has 0 spiro atoms. The van der Waals surface area contributed by atoms with Crippen LogP contribution in [-0.2, 0) is 6.42 Å². The van der Waals surface area contributed by atoms with E-state index in [0.717, 1.165) is 24.4 Å². The highest BCUT2D eigenvalue weighted by molar-refractivity contribution is 5.95. The Morgan fingerprint density at radius 1 is 1.30 bits per heavy atom. The summed E-state index contributed by atoms with van der Waals surface area (Å²) in [6, 6.07) is 10.4. The van der Waals surface area contributed by atoms with E-state index in [9.17, 15) is 4.79 Å². The molecule has 1 N–H and O–H groups in total. The van der Waals surface area contributed by atoms with E-state index in [0.29, 0.717) is 18.0 Å². The second-order valence-corrected chi connectivity index (χ2v) is 5.20. The molecule has 3 rings (SSSR count). The van der Waals surface area contributed by atoms with Crippen molar-refractivity contribution in [2.75, 3.05) is 0 Å². The normalized spacial score (nSPS) is 14.1. The third kappa shape index (κ3) is 3.02. The van der Waals surface area contributed by atoms with Gasteiger partial charge in [0.2, 0.25) is 0 Å². The summed E-state index contributed by atoms with van der Waals surface area (Å²) >= 11 is 0. The minimum absolute atomic E-state index is 0.0590. The van der Waals surface area contributed by atoms with Crippen LogP contribution in [0, 0.1) is 6.92 Å². The minimum atomic E-state index is -0.0590. The molecule has 20 heavy (non-hydrogen) atoms. The zero-order valence-electron chi connectivity index (χ0n) is 11.5. The van der Waals surface area contributed by atoms with E-state index in [1.807, 2.05) is 37.3 Å². The molecule has 1 aromatic carbocycles. The average Bonchev–Trinajstić information content (AvgIpc) is 3.24. The number of nitrogens with zero attached hydrogens (tertiary/aromatic N) is 2. The van der Waals surface area contributed by atoms with Crippen LogP contribution in [0.4, 0.5) is 0 Å². The Balaban J connectivity index is 1.74. The molecule has 0 saturated heterocycles. The Morgan fingerprint density at radius 3 is 2.70 bits per heavy atom. The van der Waals surface area contributed by atoms with Gasteiger partial charge in [0.25, 0.3) is 5.91 Å². The summed E-state index contributed by atoms with van der Waals surface area (Å²) in [6.07, 6.45) is 4.49. The molecule has 0 aliphatic heterocycles. The summed E-state index contributed by atoms with van der Waals surface area (Å²) in [5.74, 6) is 0.688. The summed E-state index contributed by atoms with van der Waals surface area (Å²) in [7, 11) is 0. The van der Waals surface area contributed by atoms with E-state index < -0.39 is 0 Å². The van der Waals surface area contributed by atoms with Crippen molar-refractivity contribution in [3.05, 3.63) is 59.2 Å². The minimum Gasteiger partial charge on any atom is -0.349 e. The quantitative estimate of drug-likeness (QED) is 0.924. The first kappa shape index (κ1) is 12.8. The Hall–Kier alpha value is -2.23. The molecule has 2 aromatic rings. The van der Waals surface area contributed by atoms with Gasteiger partial charge in [0.15, 0.2) is 0 Å². The van der Waals surface area contributed by atoms with Crippen LogP contribution in [0.1, 0.15) is 40.3 Å². The largest absolute Gasteiger partial charge is 0.349 e. The number of rotatable bonds is 4. The van der Waals surface area contributed by atoms with Gasteiger partial charge in [0.05, 0.1) is 11.3 Å². The molecule has 0 radical (unpaired) electrons. The number of aryl methyl sites for hydroxylation is 1. The molecule has 1 amide bonds. The molecule has 4 heteroatoms. The first-order valence-electron chi connectivity index (χ1n) is 6.89. The topological polar surface area (TPSA) is 54.9 Å². The predicted octanol–water partition coefficient (Wildman–Crippen LogP) is 2.27. The van der Waals surface area contributed by atoms with Crippen LogP contribution in [0.3, 0.4) is 0 Å². The van der Waals surface area contributed by atoms with Crippen molar-refractivity contribution in [2.24, 2.45) is 0 Å². The molecule has 1 aromatic heterocycles. The number of aromatic nitrogens is 2. The van der Waals surface area contributed by atoms with Gasteiger partial charge in [0.1, 0.15) is 5.82 Å². The van der Waals surface area contributed by atoms with Gasteiger partial charge >= 0.3 is 0 Å². The number of hydrogen-bond donors (Lipinski definition) is 1. The molecule has 1 fully saturated rings. The van der Waals surface area contributed by atoms with Crippen LogP contribution in [0.25, 0.3) is 0 Å². The standard InChI is InChI=1S/C16H17N3O/c1-11-14(16(20)19-13-7-8-13)10-17-15(18-11)9-12-5-3-2-4-6-12/h2-6,10,13H,7-9H2,1H3,(H,19,20). The third-order valence-corrected chi connectivity index (χ3v) is 3.39. The predicted molar refractivity (Wildman–Crippen MR) is 76.5 cm³/mol. The van der Waals surface area contributed by atoms with Gasteiger partial charge in [-0.25, -0.2) is 9.97 Å². The van der Waals surface area contributed by atoms with Crippen molar-refractivity contribution in [3.8, 4) is 0 Å². The second-order valence-electron chi connectivity index (χ2n) is 5.20. The maximum absolute atomic E-state index is 12.0.